The summed E-state index contributed by atoms with van der Waals surface area (Å²) < 4.78 is 6.92. The molecule has 0 unspecified atom stereocenters. The predicted molar refractivity (Wildman–Crippen MR) is 81.4 cm³/mol. The molecule has 0 fully saturated rings. The van der Waals surface area contributed by atoms with E-state index in [0.29, 0.717) is 0 Å². The number of halogens is 1. The first-order valence-electron chi connectivity index (χ1n) is 6.61. The van der Waals surface area contributed by atoms with Crippen LogP contribution in [0, 0.1) is 19.8 Å². The monoisotopic (exact) mass is 313 g/mol. The zero-order chi connectivity index (χ0) is 13.5. The highest BCUT2D eigenvalue weighted by Crippen LogP contribution is 2.26. The van der Waals surface area contributed by atoms with Crippen molar-refractivity contribution in [3.63, 3.8) is 0 Å². The van der Waals surface area contributed by atoms with E-state index in [0.717, 1.165) is 31.4 Å². The van der Waals surface area contributed by atoms with Gasteiger partial charge in [-0.15, -0.1) is 0 Å². The number of rotatable bonds is 7. The predicted octanol–water partition coefficient (Wildman–Crippen LogP) is 4.08. The second-order valence-electron chi connectivity index (χ2n) is 5.15. The number of ether oxygens (including phenoxy) is 1. The van der Waals surface area contributed by atoms with Crippen molar-refractivity contribution in [3.8, 4) is 5.75 Å². The van der Waals surface area contributed by atoms with Gasteiger partial charge in [0.1, 0.15) is 12.4 Å². The number of nitrogens with one attached hydrogen (secondary N) is 1. The Morgan fingerprint density at radius 3 is 2.33 bits per heavy atom. The van der Waals surface area contributed by atoms with Crippen LogP contribution in [0.15, 0.2) is 16.6 Å². The molecular formula is C15H24BrNO. The van der Waals surface area contributed by atoms with Crippen molar-refractivity contribution in [1.82, 2.24) is 5.32 Å². The van der Waals surface area contributed by atoms with Gasteiger partial charge in [-0.25, -0.2) is 0 Å². The molecule has 0 aliphatic carbocycles. The Balaban J connectivity index is 2.27. The second kappa shape index (κ2) is 7.80. The molecule has 1 rings (SSSR count). The highest BCUT2D eigenvalue weighted by atomic mass is 79.9. The summed E-state index contributed by atoms with van der Waals surface area (Å²) in [5.74, 6) is 1.72. The van der Waals surface area contributed by atoms with Crippen LogP contribution >= 0.6 is 15.9 Å². The topological polar surface area (TPSA) is 21.3 Å². The normalized spacial score (nSPS) is 11.0. The van der Waals surface area contributed by atoms with Crippen LogP contribution < -0.4 is 10.1 Å². The summed E-state index contributed by atoms with van der Waals surface area (Å²) in [5, 5.41) is 3.39. The van der Waals surface area contributed by atoms with Gasteiger partial charge in [0.2, 0.25) is 0 Å². The first-order chi connectivity index (χ1) is 8.50. The van der Waals surface area contributed by atoms with E-state index in [2.05, 4.69) is 61.1 Å². The molecule has 0 saturated heterocycles. The zero-order valence-corrected chi connectivity index (χ0v) is 13.4. The third kappa shape index (κ3) is 5.40. The van der Waals surface area contributed by atoms with Crippen molar-refractivity contribution in [1.29, 1.82) is 0 Å². The Bertz CT molecular complexity index is 354. The maximum Gasteiger partial charge on any atom is 0.119 e. The Labute approximate surface area is 119 Å². The molecule has 0 bridgehead atoms. The second-order valence-corrected chi connectivity index (χ2v) is 5.95. The lowest BCUT2D eigenvalue weighted by atomic mass is 10.1. The van der Waals surface area contributed by atoms with Crippen LogP contribution in [-0.2, 0) is 0 Å². The Kier molecular flexibility index (Phi) is 6.72. The molecule has 2 nitrogen and oxygen atoms in total. The number of benzene rings is 1. The smallest absolute Gasteiger partial charge is 0.119 e. The van der Waals surface area contributed by atoms with E-state index in [4.69, 9.17) is 4.74 Å². The van der Waals surface area contributed by atoms with E-state index in [1.54, 1.807) is 0 Å². The van der Waals surface area contributed by atoms with Crippen LogP contribution in [0.1, 0.15) is 31.4 Å². The van der Waals surface area contributed by atoms with Gasteiger partial charge < -0.3 is 10.1 Å². The summed E-state index contributed by atoms with van der Waals surface area (Å²) in [4.78, 5) is 0. The van der Waals surface area contributed by atoms with Gasteiger partial charge in [0.25, 0.3) is 0 Å². The van der Waals surface area contributed by atoms with E-state index in [1.807, 2.05) is 0 Å². The molecular weight excluding hydrogens is 290 g/mol. The third-order valence-electron chi connectivity index (χ3n) is 2.86. The molecule has 0 aliphatic rings. The van der Waals surface area contributed by atoms with Gasteiger partial charge in [-0.1, -0.05) is 29.8 Å². The van der Waals surface area contributed by atoms with Gasteiger partial charge in [-0.2, -0.15) is 0 Å². The van der Waals surface area contributed by atoms with Gasteiger partial charge in [0.05, 0.1) is 0 Å². The van der Waals surface area contributed by atoms with Gasteiger partial charge >= 0.3 is 0 Å². The number of aryl methyl sites for hydroxylation is 2. The van der Waals surface area contributed by atoms with Crippen molar-refractivity contribution in [2.75, 3.05) is 19.7 Å². The molecule has 3 heteroatoms. The Hall–Kier alpha value is -0.540. The molecule has 1 N–H and O–H groups in total. The molecule has 0 radical (unpaired) electrons. The van der Waals surface area contributed by atoms with Crippen molar-refractivity contribution in [2.24, 2.45) is 5.92 Å². The van der Waals surface area contributed by atoms with Crippen molar-refractivity contribution < 1.29 is 4.74 Å². The van der Waals surface area contributed by atoms with Gasteiger partial charge in [0, 0.05) is 11.0 Å². The quantitative estimate of drug-likeness (QED) is 0.766. The minimum absolute atomic E-state index is 0.721. The first kappa shape index (κ1) is 15.5. The van der Waals surface area contributed by atoms with Crippen LogP contribution in [0.2, 0.25) is 0 Å². The molecule has 0 spiro atoms. The summed E-state index contributed by atoms with van der Waals surface area (Å²) in [6.07, 6.45) is 1.22. The molecule has 18 heavy (non-hydrogen) atoms. The standard InChI is InChI=1S/C15H24BrNO/c1-11(2)5-6-17-7-8-18-14-9-12(3)15(16)13(4)10-14/h9-11,17H,5-8H2,1-4H3. The van der Waals surface area contributed by atoms with Crippen LogP contribution in [-0.4, -0.2) is 19.7 Å². The third-order valence-corrected chi connectivity index (χ3v) is 4.11. The van der Waals surface area contributed by atoms with Crippen LogP contribution in [0.4, 0.5) is 0 Å². The first-order valence-corrected chi connectivity index (χ1v) is 7.40. The highest BCUT2D eigenvalue weighted by molar-refractivity contribution is 9.10. The Morgan fingerprint density at radius 1 is 1.17 bits per heavy atom. The van der Waals surface area contributed by atoms with Crippen molar-refractivity contribution in [3.05, 3.63) is 27.7 Å². The average molecular weight is 314 g/mol. The van der Waals surface area contributed by atoms with Crippen LogP contribution in [0.3, 0.4) is 0 Å². The minimum atomic E-state index is 0.721. The molecule has 102 valence electrons. The van der Waals surface area contributed by atoms with Crippen LogP contribution in [0.25, 0.3) is 0 Å². The number of hydrogen-bond acceptors (Lipinski definition) is 2. The Morgan fingerprint density at radius 2 is 1.78 bits per heavy atom. The van der Waals surface area contributed by atoms with E-state index < -0.39 is 0 Å². The molecule has 1 aromatic carbocycles. The summed E-state index contributed by atoms with van der Waals surface area (Å²) in [5.41, 5.74) is 2.44. The van der Waals surface area contributed by atoms with E-state index in [1.165, 1.54) is 22.0 Å². The molecule has 1 aromatic rings. The summed E-state index contributed by atoms with van der Waals surface area (Å²) >= 11 is 3.56. The summed E-state index contributed by atoms with van der Waals surface area (Å²) in [6, 6.07) is 4.15. The molecule has 0 saturated carbocycles. The zero-order valence-electron chi connectivity index (χ0n) is 11.8. The summed E-state index contributed by atoms with van der Waals surface area (Å²) in [6.45, 7) is 11.4. The van der Waals surface area contributed by atoms with E-state index in [9.17, 15) is 0 Å². The SMILES string of the molecule is Cc1cc(OCCNCCC(C)C)cc(C)c1Br. The summed E-state index contributed by atoms with van der Waals surface area (Å²) in [7, 11) is 0. The molecule has 0 aliphatic heterocycles. The maximum absolute atomic E-state index is 5.75. The fourth-order valence-electron chi connectivity index (χ4n) is 1.75. The molecule has 0 amide bonds. The van der Waals surface area contributed by atoms with Crippen LogP contribution in [0.5, 0.6) is 5.75 Å². The lowest BCUT2D eigenvalue weighted by Gasteiger charge is -2.11. The van der Waals surface area contributed by atoms with Gasteiger partial charge in [-0.05, 0) is 56.0 Å². The number of hydrogen-bond donors (Lipinski definition) is 1. The van der Waals surface area contributed by atoms with Crippen molar-refractivity contribution >= 4 is 15.9 Å². The molecule has 0 heterocycles. The lowest BCUT2D eigenvalue weighted by Crippen LogP contribution is -2.23. The minimum Gasteiger partial charge on any atom is -0.492 e. The lowest BCUT2D eigenvalue weighted by molar-refractivity contribution is 0.312. The fraction of sp³-hybridized carbons (Fsp3) is 0.600. The van der Waals surface area contributed by atoms with Gasteiger partial charge in [-0.3, -0.25) is 0 Å². The fourth-order valence-corrected chi connectivity index (χ4v) is 1.98. The highest BCUT2D eigenvalue weighted by Gasteiger charge is 2.02. The average Bonchev–Trinajstić information content (AvgIpc) is 2.30. The molecule has 0 atom stereocenters. The largest absolute Gasteiger partial charge is 0.492 e. The van der Waals surface area contributed by atoms with Crippen molar-refractivity contribution in [2.45, 2.75) is 34.1 Å². The van der Waals surface area contributed by atoms with E-state index in [-0.39, 0.29) is 0 Å². The maximum atomic E-state index is 5.75. The molecule has 0 aromatic heterocycles. The van der Waals surface area contributed by atoms with E-state index >= 15 is 0 Å². The van der Waals surface area contributed by atoms with Gasteiger partial charge in [0.15, 0.2) is 0 Å².